The summed E-state index contributed by atoms with van der Waals surface area (Å²) >= 11 is 0. The van der Waals surface area contributed by atoms with Crippen LogP contribution in [-0.4, -0.2) is 57.9 Å². The van der Waals surface area contributed by atoms with Crippen LogP contribution in [0.2, 0.25) is 0 Å². The number of nitrogens with one attached hydrogen (secondary N) is 2. The minimum Gasteiger partial charge on any atom is -0.465 e. The monoisotopic (exact) mass is 502 g/mol. The zero-order valence-electron chi connectivity index (χ0n) is 19.3. The molecule has 0 aromatic heterocycles. The maximum Gasteiger partial charge on any atom is 0.337 e. The Labute approximate surface area is 202 Å². The van der Waals surface area contributed by atoms with Gasteiger partial charge in [-0.2, -0.15) is 0 Å². The van der Waals surface area contributed by atoms with Crippen molar-refractivity contribution in [2.24, 2.45) is 11.8 Å². The van der Waals surface area contributed by atoms with Crippen LogP contribution in [0, 0.1) is 11.8 Å². The second-order valence-electron chi connectivity index (χ2n) is 8.25. The lowest BCUT2D eigenvalue weighted by Crippen LogP contribution is -2.25. The molecule has 2 amide bonds. The third-order valence-electron chi connectivity index (χ3n) is 5.63. The third kappa shape index (κ3) is 7.12. The van der Waals surface area contributed by atoms with E-state index in [4.69, 9.17) is 0 Å². The first kappa shape index (κ1) is 25.9. The van der Waals surface area contributed by atoms with Crippen LogP contribution in [0.5, 0.6) is 0 Å². The first-order chi connectivity index (χ1) is 16.6. The van der Waals surface area contributed by atoms with Gasteiger partial charge in [0.1, 0.15) is 0 Å². The van der Waals surface area contributed by atoms with Crippen molar-refractivity contribution in [2.75, 3.05) is 36.4 Å². The minimum absolute atomic E-state index is 0.0997. The van der Waals surface area contributed by atoms with E-state index in [9.17, 15) is 27.6 Å². The number of hydrogen-bond acceptors (Lipinski definition) is 8. The van der Waals surface area contributed by atoms with Gasteiger partial charge >= 0.3 is 11.9 Å². The Morgan fingerprint density at radius 1 is 0.771 bits per heavy atom. The average Bonchev–Trinajstić information content (AvgIpc) is 3.10. The van der Waals surface area contributed by atoms with E-state index in [1.165, 1.54) is 26.4 Å². The van der Waals surface area contributed by atoms with Gasteiger partial charge in [0, 0.05) is 24.2 Å². The first-order valence-corrected chi connectivity index (χ1v) is 12.6. The van der Waals surface area contributed by atoms with Crippen LogP contribution in [-0.2, 0) is 28.9 Å². The average molecular weight is 503 g/mol. The molecule has 2 aromatic carbocycles. The van der Waals surface area contributed by atoms with Crippen molar-refractivity contribution in [1.29, 1.82) is 0 Å². The number of ether oxygens (including phenoxy) is 2. The smallest absolute Gasteiger partial charge is 0.337 e. The first-order valence-electron chi connectivity index (χ1n) is 10.8. The number of anilines is 2. The minimum atomic E-state index is -3.41. The zero-order chi connectivity index (χ0) is 25.6. The van der Waals surface area contributed by atoms with Crippen molar-refractivity contribution < 1.29 is 37.1 Å². The molecule has 2 unspecified atom stereocenters. The highest BCUT2D eigenvalue weighted by Crippen LogP contribution is 2.31. The predicted molar refractivity (Wildman–Crippen MR) is 128 cm³/mol. The van der Waals surface area contributed by atoms with Gasteiger partial charge in [0.15, 0.2) is 9.84 Å². The number of amides is 2. The van der Waals surface area contributed by atoms with E-state index in [1.807, 2.05) is 0 Å². The van der Waals surface area contributed by atoms with Crippen molar-refractivity contribution in [3.8, 4) is 0 Å². The Hall–Kier alpha value is -3.73. The Bertz CT molecular complexity index is 1150. The third-order valence-corrected chi connectivity index (χ3v) is 7.50. The SMILES string of the molecule is COC(=O)c1cccc(NC(=O)CC2CS(=O)(=O)CC2CC(=O)Nc2cccc(C(=O)OC)c2)c1. The van der Waals surface area contributed by atoms with Crippen LogP contribution in [0.15, 0.2) is 48.5 Å². The number of hydrogen-bond donors (Lipinski definition) is 2. The number of carbonyl (C=O) groups excluding carboxylic acids is 4. The summed E-state index contributed by atoms with van der Waals surface area (Å²) in [6.45, 7) is 0. The van der Waals surface area contributed by atoms with Crippen LogP contribution in [0.1, 0.15) is 33.6 Å². The highest BCUT2D eigenvalue weighted by molar-refractivity contribution is 7.91. The van der Waals surface area contributed by atoms with Crippen molar-refractivity contribution in [1.82, 2.24) is 0 Å². The Morgan fingerprint density at radius 2 is 1.17 bits per heavy atom. The molecule has 186 valence electrons. The Balaban J connectivity index is 1.63. The Kier molecular flexibility index (Phi) is 8.23. The van der Waals surface area contributed by atoms with Gasteiger partial charge in [-0.25, -0.2) is 18.0 Å². The van der Waals surface area contributed by atoms with Gasteiger partial charge < -0.3 is 20.1 Å². The van der Waals surface area contributed by atoms with E-state index in [0.717, 1.165) is 0 Å². The number of carbonyl (C=O) groups is 4. The Morgan fingerprint density at radius 3 is 1.54 bits per heavy atom. The molecule has 1 fully saturated rings. The predicted octanol–water partition coefficient (Wildman–Crippen LogP) is 2.28. The summed E-state index contributed by atoms with van der Waals surface area (Å²) in [6, 6.07) is 12.4. The summed E-state index contributed by atoms with van der Waals surface area (Å²) in [5.41, 5.74) is 1.27. The van der Waals surface area contributed by atoms with E-state index >= 15 is 0 Å². The fourth-order valence-corrected chi connectivity index (χ4v) is 6.25. The molecular formula is C24H26N2O8S. The maximum absolute atomic E-state index is 12.6. The molecule has 0 spiro atoms. The summed E-state index contributed by atoms with van der Waals surface area (Å²) in [5.74, 6) is -3.43. The van der Waals surface area contributed by atoms with Crippen molar-refractivity contribution >= 4 is 45.0 Å². The van der Waals surface area contributed by atoms with Crippen molar-refractivity contribution in [2.45, 2.75) is 12.8 Å². The molecule has 1 saturated heterocycles. The van der Waals surface area contributed by atoms with Crippen LogP contribution in [0.3, 0.4) is 0 Å². The van der Waals surface area contributed by atoms with E-state index in [-0.39, 0.29) is 35.5 Å². The molecular weight excluding hydrogens is 476 g/mol. The second kappa shape index (κ2) is 11.1. The lowest BCUT2D eigenvalue weighted by molar-refractivity contribution is -0.119. The lowest BCUT2D eigenvalue weighted by atomic mass is 9.89. The van der Waals surface area contributed by atoms with E-state index < -0.39 is 45.4 Å². The molecule has 2 atom stereocenters. The molecule has 0 aliphatic carbocycles. The largest absolute Gasteiger partial charge is 0.465 e. The number of sulfone groups is 1. The summed E-state index contributed by atoms with van der Waals surface area (Å²) < 4.78 is 33.9. The zero-order valence-corrected chi connectivity index (χ0v) is 20.1. The summed E-state index contributed by atoms with van der Waals surface area (Å²) in [7, 11) is -0.906. The number of methoxy groups -OCH3 is 2. The molecule has 11 heteroatoms. The number of esters is 2. The standard InChI is InChI=1S/C24H26N2O8S/c1-33-23(29)15-5-3-7-19(9-15)25-21(27)11-17-13-35(31,32)14-18(17)12-22(28)26-20-8-4-6-16(10-20)24(30)34-2/h3-10,17-18H,11-14H2,1-2H3,(H,25,27)(H,26,28). The highest BCUT2D eigenvalue weighted by Gasteiger charge is 2.39. The highest BCUT2D eigenvalue weighted by atomic mass is 32.2. The van der Waals surface area contributed by atoms with Gasteiger partial charge in [-0.05, 0) is 48.2 Å². The molecule has 1 aliphatic rings. The summed E-state index contributed by atoms with van der Waals surface area (Å²) in [6.07, 6.45) is -0.199. The molecule has 1 aliphatic heterocycles. The van der Waals surface area contributed by atoms with Crippen LogP contribution in [0.4, 0.5) is 11.4 Å². The van der Waals surface area contributed by atoms with E-state index in [1.54, 1.807) is 36.4 Å². The fraction of sp³-hybridized carbons (Fsp3) is 0.333. The normalized spacial score (nSPS) is 18.3. The van der Waals surface area contributed by atoms with Crippen LogP contribution in [0.25, 0.3) is 0 Å². The molecule has 1 heterocycles. The molecule has 3 rings (SSSR count). The van der Waals surface area contributed by atoms with E-state index in [2.05, 4.69) is 20.1 Å². The van der Waals surface area contributed by atoms with Crippen LogP contribution >= 0.6 is 0 Å². The van der Waals surface area contributed by atoms with Crippen molar-refractivity contribution in [3.63, 3.8) is 0 Å². The molecule has 0 saturated carbocycles. The van der Waals surface area contributed by atoms with Gasteiger partial charge in [-0.1, -0.05) is 12.1 Å². The fourth-order valence-electron chi connectivity index (χ4n) is 4.03. The number of rotatable bonds is 8. The molecule has 0 bridgehead atoms. The van der Waals surface area contributed by atoms with Gasteiger partial charge in [0.2, 0.25) is 11.8 Å². The second-order valence-corrected chi connectivity index (χ2v) is 10.4. The topological polar surface area (TPSA) is 145 Å². The molecule has 35 heavy (non-hydrogen) atoms. The summed E-state index contributed by atoms with van der Waals surface area (Å²) in [4.78, 5) is 48.6. The quantitative estimate of drug-likeness (QED) is 0.523. The van der Waals surface area contributed by atoms with Gasteiger partial charge in [-0.3, -0.25) is 9.59 Å². The maximum atomic E-state index is 12.6. The molecule has 2 N–H and O–H groups in total. The van der Waals surface area contributed by atoms with E-state index in [0.29, 0.717) is 11.4 Å². The van der Waals surface area contributed by atoms with Gasteiger partial charge in [-0.15, -0.1) is 0 Å². The lowest BCUT2D eigenvalue weighted by Gasteiger charge is -2.17. The van der Waals surface area contributed by atoms with Crippen LogP contribution < -0.4 is 10.6 Å². The number of benzene rings is 2. The van der Waals surface area contributed by atoms with Gasteiger partial charge in [0.05, 0.1) is 36.9 Å². The summed E-state index contributed by atoms with van der Waals surface area (Å²) in [5, 5.41) is 5.33. The molecule has 0 radical (unpaired) electrons. The van der Waals surface area contributed by atoms with Crippen molar-refractivity contribution in [3.05, 3.63) is 59.7 Å². The molecule has 2 aromatic rings. The van der Waals surface area contributed by atoms with Gasteiger partial charge in [0.25, 0.3) is 0 Å². The molecule has 10 nitrogen and oxygen atoms in total.